The fourth-order valence-electron chi connectivity index (χ4n) is 2.65. The molecule has 1 aromatic heterocycles. The van der Waals surface area contributed by atoms with Gasteiger partial charge in [-0.25, -0.2) is 0 Å². The first kappa shape index (κ1) is 15.0. The Morgan fingerprint density at radius 3 is 3.15 bits per heavy atom. The first-order valence-corrected chi connectivity index (χ1v) is 7.67. The minimum atomic E-state index is -0.129. The second kappa shape index (κ2) is 6.84. The van der Waals surface area contributed by atoms with E-state index in [1.165, 1.54) is 11.3 Å². The average molecular weight is 293 g/mol. The molecular formula is C14H19N3O2S. The van der Waals surface area contributed by atoms with Crippen LogP contribution in [0.1, 0.15) is 31.7 Å². The highest BCUT2D eigenvalue weighted by molar-refractivity contribution is 7.14. The lowest BCUT2D eigenvalue weighted by Gasteiger charge is -2.39. The Kier molecular flexibility index (Phi) is 5.12. The van der Waals surface area contributed by atoms with Gasteiger partial charge in [-0.3, -0.25) is 9.69 Å². The second-order valence-electron chi connectivity index (χ2n) is 5.11. The number of likely N-dealkylation sites (tertiary alicyclic amines) is 1. The third-order valence-electron chi connectivity index (χ3n) is 3.77. The first-order valence-electron chi connectivity index (χ1n) is 6.79. The molecule has 0 radical (unpaired) electrons. The Morgan fingerprint density at radius 1 is 1.65 bits per heavy atom. The van der Waals surface area contributed by atoms with Crippen molar-refractivity contribution in [2.45, 2.75) is 38.3 Å². The molecule has 1 aliphatic rings. The molecule has 1 aliphatic heterocycles. The maximum Gasteiger partial charge on any atom is 0.239 e. The number of nitriles is 1. The summed E-state index contributed by atoms with van der Waals surface area (Å²) in [6.07, 6.45) is 3.07. The van der Waals surface area contributed by atoms with E-state index in [9.17, 15) is 9.90 Å². The molecule has 2 atom stereocenters. The fraction of sp³-hybridized carbons (Fsp3) is 0.571. The SMILES string of the molecule is CC1CCCC(CO)N1CC(=O)Nc1sccc1C#N. The van der Waals surface area contributed by atoms with Crippen LogP contribution in [-0.2, 0) is 4.79 Å². The highest BCUT2D eigenvalue weighted by atomic mass is 32.1. The smallest absolute Gasteiger partial charge is 0.239 e. The summed E-state index contributed by atoms with van der Waals surface area (Å²) in [6, 6.07) is 4.11. The van der Waals surface area contributed by atoms with Gasteiger partial charge >= 0.3 is 0 Å². The van der Waals surface area contributed by atoms with E-state index in [4.69, 9.17) is 5.26 Å². The molecule has 1 saturated heterocycles. The van der Waals surface area contributed by atoms with Crippen LogP contribution in [0.3, 0.4) is 0 Å². The number of hydrogen-bond donors (Lipinski definition) is 2. The minimum Gasteiger partial charge on any atom is -0.395 e. The molecule has 2 heterocycles. The van der Waals surface area contributed by atoms with Crippen molar-refractivity contribution in [2.75, 3.05) is 18.5 Å². The summed E-state index contributed by atoms with van der Waals surface area (Å²) in [5, 5.41) is 23.5. The van der Waals surface area contributed by atoms with Crippen molar-refractivity contribution in [1.29, 1.82) is 5.26 Å². The molecule has 2 unspecified atom stereocenters. The topological polar surface area (TPSA) is 76.4 Å². The molecule has 6 heteroatoms. The number of piperidine rings is 1. The highest BCUT2D eigenvalue weighted by Crippen LogP contribution is 2.24. The quantitative estimate of drug-likeness (QED) is 0.887. The molecule has 1 amide bonds. The van der Waals surface area contributed by atoms with Crippen molar-refractivity contribution in [3.8, 4) is 6.07 Å². The third-order valence-corrected chi connectivity index (χ3v) is 4.60. The first-order chi connectivity index (χ1) is 9.65. The zero-order chi connectivity index (χ0) is 14.5. The van der Waals surface area contributed by atoms with Crippen molar-refractivity contribution >= 4 is 22.2 Å². The van der Waals surface area contributed by atoms with Crippen LogP contribution in [0.5, 0.6) is 0 Å². The summed E-state index contributed by atoms with van der Waals surface area (Å²) >= 11 is 1.35. The molecule has 0 bridgehead atoms. The Labute approximate surface area is 122 Å². The number of aliphatic hydroxyl groups excluding tert-OH is 1. The van der Waals surface area contributed by atoms with E-state index in [0.717, 1.165) is 19.3 Å². The molecule has 2 rings (SSSR count). The van der Waals surface area contributed by atoms with E-state index in [-0.39, 0.29) is 25.1 Å². The van der Waals surface area contributed by atoms with Gasteiger partial charge in [-0.15, -0.1) is 11.3 Å². The molecule has 2 N–H and O–H groups in total. The minimum absolute atomic E-state index is 0.0586. The van der Waals surface area contributed by atoms with Crippen molar-refractivity contribution in [3.05, 3.63) is 17.0 Å². The van der Waals surface area contributed by atoms with Gasteiger partial charge in [-0.05, 0) is 31.2 Å². The Morgan fingerprint density at radius 2 is 2.45 bits per heavy atom. The van der Waals surface area contributed by atoms with E-state index < -0.39 is 0 Å². The average Bonchev–Trinajstić information content (AvgIpc) is 2.88. The predicted octanol–water partition coefficient (Wildman–Crippen LogP) is 1.79. The van der Waals surface area contributed by atoms with Crippen LogP contribution in [-0.4, -0.2) is 41.1 Å². The third kappa shape index (κ3) is 3.37. The second-order valence-corrected chi connectivity index (χ2v) is 6.03. The molecule has 0 spiro atoms. The van der Waals surface area contributed by atoms with E-state index in [1.807, 2.05) is 0 Å². The zero-order valence-electron chi connectivity index (χ0n) is 11.5. The van der Waals surface area contributed by atoms with Crippen LogP contribution < -0.4 is 5.32 Å². The number of aliphatic hydroxyl groups is 1. The van der Waals surface area contributed by atoms with Crippen LogP contribution in [0.4, 0.5) is 5.00 Å². The predicted molar refractivity (Wildman–Crippen MR) is 78.6 cm³/mol. The Hall–Kier alpha value is -1.42. The summed E-state index contributed by atoms with van der Waals surface area (Å²) in [7, 11) is 0. The van der Waals surface area contributed by atoms with Crippen LogP contribution in [0.25, 0.3) is 0 Å². The van der Waals surface area contributed by atoms with Crippen LogP contribution in [0.15, 0.2) is 11.4 Å². The number of nitrogens with zero attached hydrogens (tertiary/aromatic N) is 2. The number of carbonyl (C=O) groups excluding carboxylic acids is 1. The summed E-state index contributed by atoms with van der Waals surface area (Å²) in [5.41, 5.74) is 0.494. The molecule has 1 aromatic rings. The highest BCUT2D eigenvalue weighted by Gasteiger charge is 2.28. The van der Waals surface area contributed by atoms with Gasteiger partial charge in [-0.2, -0.15) is 5.26 Å². The number of nitrogens with one attached hydrogen (secondary N) is 1. The normalized spacial score (nSPS) is 23.2. The molecule has 20 heavy (non-hydrogen) atoms. The van der Waals surface area contributed by atoms with E-state index in [0.29, 0.717) is 16.6 Å². The molecule has 0 saturated carbocycles. The zero-order valence-corrected chi connectivity index (χ0v) is 12.3. The Balaban J connectivity index is 1.98. The van der Waals surface area contributed by atoms with Gasteiger partial charge < -0.3 is 10.4 Å². The Bertz CT molecular complexity index is 509. The van der Waals surface area contributed by atoms with Gasteiger partial charge in [0.1, 0.15) is 11.1 Å². The largest absolute Gasteiger partial charge is 0.395 e. The number of amides is 1. The molecule has 1 fully saturated rings. The van der Waals surface area contributed by atoms with E-state index >= 15 is 0 Å². The molecule has 5 nitrogen and oxygen atoms in total. The molecular weight excluding hydrogens is 274 g/mol. The lowest BCUT2D eigenvalue weighted by atomic mass is 9.97. The van der Waals surface area contributed by atoms with Crippen molar-refractivity contribution in [1.82, 2.24) is 4.90 Å². The van der Waals surface area contributed by atoms with Gasteiger partial charge in [0.2, 0.25) is 5.91 Å². The van der Waals surface area contributed by atoms with Gasteiger partial charge in [0.25, 0.3) is 0 Å². The number of rotatable bonds is 4. The van der Waals surface area contributed by atoms with Gasteiger partial charge in [0.05, 0.1) is 18.7 Å². The maximum atomic E-state index is 12.1. The van der Waals surface area contributed by atoms with Crippen molar-refractivity contribution < 1.29 is 9.90 Å². The monoisotopic (exact) mass is 293 g/mol. The van der Waals surface area contributed by atoms with Crippen molar-refractivity contribution in [2.24, 2.45) is 0 Å². The number of hydrogen-bond acceptors (Lipinski definition) is 5. The van der Waals surface area contributed by atoms with E-state index in [1.54, 1.807) is 11.4 Å². The van der Waals surface area contributed by atoms with Crippen LogP contribution in [0.2, 0.25) is 0 Å². The summed E-state index contributed by atoms with van der Waals surface area (Å²) in [4.78, 5) is 14.2. The lowest BCUT2D eigenvalue weighted by Crippen LogP contribution is -2.50. The number of carbonyl (C=O) groups is 1. The van der Waals surface area contributed by atoms with Gasteiger partial charge in [0.15, 0.2) is 0 Å². The van der Waals surface area contributed by atoms with Crippen LogP contribution in [0, 0.1) is 11.3 Å². The summed E-state index contributed by atoms with van der Waals surface area (Å²) in [6.45, 7) is 2.43. The number of anilines is 1. The van der Waals surface area contributed by atoms with E-state index in [2.05, 4.69) is 23.2 Å². The van der Waals surface area contributed by atoms with Crippen molar-refractivity contribution in [3.63, 3.8) is 0 Å². The van der Waals surface area contributed by atoms with Gasteiger partial charge in [0, 0.05) is 12.1 Å². The standard InChI is InChI=1S/C14H19N3O2S/c1-10-3-2-4-12(9-18)17(10)8-13(19)16-14-11(7-15)5-6-20-14/h5-6,10,12,18H,2-4,8-9H2,1H3,(H,16,19). The molecule has 0 aromatic carbocycles. The van der Waals surface area contributed by atoms with Gasteiger partial charge in [-0.1, -0.05) is 6.42 Å². The fourth-order valence-corrected chi connectivity index (χ4v) is 3.40. The number of thiophene rings is 1. The van der Waals surface area contributed by atoms with Crippen LogP contribution >= 0.6 is 11.3 Å². The molecule has 0 aliphatic carbocycles. The maximum absolute atomic E-state index is 12.1. The molecule has 108 valence electrons. The summed E-state index contributed by atoms with van der Waals surface area (Å²) < 4.78 is 0. The summed E-state index contributed by atoms with van der Waals surface area (Å²) in [5.74, 6) is -0.129. The lowest BCUT2D eigenvalue weighted by molar-refractivity contribution is -0.119.